The van der Waals surface area contributed by atoms with Crippen molar-refractivity contribution in [2.75, 3.05) is 42.2 Å². The molecule has 2 aliphatic rings. The molecule has 3 aromatic carbocycles. The molecule has 0 fully saturated rings. The minimum Gasteiger partial charge on any atom is -0.496 e. The number of carbonyl (C=O) groups excluding carboxylic acids is 1. The molecule has 5 rings (SSSR count). The van der Waals surface area contributed by atoms with Gasteiger partial charge < -0.3 is 43.0 Å². The lowest BCUT2D eigenvalue weighted by atomic mass is 9.92. The van der Waals surface area contributed by atoms with Crippen LogP contribution in [0.3, 0.4) is 0 Å². The van der Waals surface area contributed by atoms with Gasteiger partial charge in [-0.2, -0.15) is 0 Å². The van der Waals surface area contributed by atoms with Crippen LogP contribution in [0.15, 0.2) is 48.5 Å². The minimum atomic E-state index is -1.47. The Balaban J connectivity index is 1.49. The Morgan fingerprint density at radius 2 is 1.38 bits per heavy atom. The summed E-state index contributed by atoms with van der Waals surface area (Å²) in [5.41, 5.74) is 1.49. The average Bonchev–Trinajstić information content (AvgIpc) is 2.97. The lowest BCUT2D eigenvalue weighted by molar-refractivity contribution is -0.0244. The highest BCUT2D eigenvalue weighted by atomic mass is 16.6. The summed E-state index contributed by atoms with van der Waals surface area (Å²) in [5.74, 6) is 2.52. The van der Waals surface area contributed by atoms with Crippen molar-refractivity contribution in [3.63, 3.8) is 0 Å². The van der Waals surface area contributed by atoms with E-state index in [1.54, 1.807) is 57.7 Å². The van der Waals surface area contributed by atoms with Gasteiger partial charge >= 0.3 is 0 Å². The SMILES string of the molecule is COC[C@@H]1Oc2ccc([C@H]3Oc4cc(OC)cc(OC)c4C(=O)[C@@H]3O)cc2O[C@H]1c1ccc(OC)c(OC)c1. The first-order valence-corrected chi connectivity index (χ1v) is 12.2. The Hall–Kier alpha value is -4.15. The first-order chi connectivity index (χ1) is 18.9. The molecule has 0 spiro atoms. The number of hydrogen-bond donors (Lipinski definition) is 1. The standard InChI is InChI=1S/C29H30O10/c1-32-14-24-28(15-6-8-18(34-3)20(10-15)35-4)38-21-11-16(7-9-19(21)37-24)29-27(31)26(30)25-22(36-5)12-17(33-2)13-23(25)39-29/h6-13,24,27-29,31H,14H2,1-5H3/t24-,27-,28-,29+/m0/s1. The zero-order chi connectivity index (χ0) is 27.7. The van der Waals surface area contributed by atoms with Crippen molar-refractivity contribution < 1.29 is 47.8 Å². The van der Waals surface area contributed by atoms with Crippen LogP contribution in [0.5, 0.6) is 40.2 Å². The molecular formula is C29H30O10. The van der Waals surface area contributed by atoms with Gasteiger partial charge in [0.1, 0.15) is 22.8 Å². The maximum atomic E-state index is 13.2. The van der Waals surface area contributed by atoms with Crippen molar-refractivity contribution in [1.29, 1.82) is 0 Å². The summed E-state index contributed by atoms with van der Waals surface area (Å²) in [6.07, 6.45) is -3.45. The number of ether oxygens (including phenoxy) is 8. The van der Waals surface area contributed by atoms with Crippen molar-refractivity contribution in [3.8, 4) is 40.2 Å². The second-order valence-corrected chi connectivity index (χ2v) is 9.02. The molecule has 0 unspecified atom stereocenters. The fourth-order valence-electron chi connectivity index (χ4n) is 4.84. The molecule has 39 heavy (non-hydrogen) atoms. The molecule has 2 aliphatic heterocycles. The Bertz CT molecular complexity index is 1370. The molecule has 10 nitrogen and oxygen atoms in total. The molecule has 3 aromatic rings. The molecule has 2 heterocycles. The number of carbonyl (C=O) groups is 1. The minimum absolute atomic E-state index is 0.163. The first kappa shape index (κ1) is 26.5. The Kier molecular flexibility index (Phi) is 7.40. The van der Waals surface area contributed by atoms with Crippen LogP contribution in [-0.2, 0) is 4.74 Å². The number of methoxy groups -OCH3 is 5. The summed E-state index contributed by atoms with van der Waals surface area (Å²) in [5, 5.41) is 11.0. The number of benzene rings is 3. The summed E-state index contributed by atoms with van der Waals surface area (Å²) in [4.78, 5) is 13.2. The molecule has 1 N–H and O–H groups in total. The predicted octanol–water partition coefficient (Wildman–Crippen LogP) is 3.93. The number of fused-ring (bicyclic) bond motifs is 2. The Labute approximate surface area is 225 Å². The number of ketones is 1. The maximum Gasteiger partial charge on any atom is 0.202 e. The molecular weight excluding hydrogens is 508 g/mol. The normalized spacial score (nSPS) is 21.4. The van der Waals surface area contributed by atoms with Crippen molar-refractivity contribution in [2.45, 2.75) is 24.4 Å². The molecule has 0 saturated carbocycles. The van der Waals surface area contributed by atoms with Crippen LogP contribution in [0.2, 0.25) is 0 Å². The summed E-state index contributed by atoms with van der Waals surface area (Å²) in [6, 6.07) is 13.8. The van der Waals surface area contributed by atoms with Gasteiger partial charge in [0.2, 0.25) is 5.78 Å². The van der Waals surface area contributed by atoms with E-state index < -0.39 is 30.2 Å². The van der Waals surface area contributed by atoms with Crippen LogP contribution >= 0.6 is 0 Å². The van der Waals surface area contributed by atoms with Crippen molar-refractivity contribution >= 4 is 5.78 Å². The topological polar surface area (TPSA) is 111 Å². The van der Waals surface area contributed by atoms with E-state index >= 15 is 0 Å². The van der Waals surface area contributed by atoms with E-state index in [1.807, 2.05) is 12.1 Å². The molecule has 206 valence electrons. The van der Waals surface area contributed by atoms with Crippen molar-refractivity contribution in [2.24, 2.45) is 0 Å². The molecule has 0 radical (unpaired) electrons. The highest BCUT2D eigenvalue weighted by Gasteiger charge is 2.41. The van der Waals surface area contributed by atoms with Gasteiger partial charge in [-0.3, -0.25) is 4.79 Å². The molecule has 0 amide bonds. The Morgan fingerprint density at radius 1 is 0.692 bits per heavy atom. The fourth-order valence-corrected chi connectivity index (χ4v) is 4.84. The lowest BCUT2D eigenvalue weighted by Gasteiger charge is -2.35. The van der Waals surface area contributed by atoms with Gasteiger partial charge in [0, 0.05) is 24.8 Å². The second-order valence-electron chi connectivity index (χ2n) is 9.02. The van der Waals surface area contributed by atoms with Crippen LogP contribution in [-0.4, -0.2) is 65.3 Å². The summed E-state index contributed by atoms with van der Waals surface area (Å²) < 4.78 is 45.7. The van der Waals surface area contributed by atoms with E-state index in [0.29, 0.717) is 34.3 Å². The van der Waals surface area contributed by atoms with E-state index in [2.05, 4.69) is 0 Å². The molecule has 0 saturated heterocycles. The maximum absolute atomic E-state index is 13.2. The van der Waals surface area contributed by atoms with Gasteiger partial charge in [-0.1, -0.05) is 12.1 Å². The monoisotopic (exact) mass is 538 g/mol. The summed E-state index contributed by atoms with van der Waals surface area (Å²) >= 11 is 0. The van der Waals surface area contributed by atoms with Gasteiger partial charge in [0.15, 0.2) is 47.4 Å². The average molecular weight is 539 g/mol. The molecule has 0 aliphatic carbocycles. The third-order valence-corrected chi connectivity index (χ3v) is 6.78. The van der Waals surface area contributed by atoms with E-state index in [4.69, 9.17) is 37.9 Å². The third kappa shape index (κ3) is 4.77. The number of rotatable bonds is 8. The number of Topliss-reactive ketones (excluding diaryl/α,β-unsaturated/α-hetero) is 1. The number of aliphatic hydroxyl groups is 1. The third-order valence-electron chi connectivity index (χ3n) is 6.78. The van der Waals surface area contributed by atoms with Crippen molar-refractivity contribution in [3.05, 3.63) is 65.2 Å². The fraction of sp³-hybridized carbons (Fsp3) is 0.345. The van der Waals surface area contributed by atoms with E-state index in [0.717, 1.165) is 5.56 Å². The highest BCUT2D eigenvalue weighted by molar-refractivity contribution is 6.05. The first-order valence-electron chi connectivity index (χ1n) is 12.2. The van der Waals surface area contributed by atoms with E-state index in [-0.39, 0.29) is 23.7 Å². The highest BCUT2D eigenvalue weighted by Crippen LogP contribution is 2.46. The second kappa shape index (κ2) is 10.9. The van der Waals surface area contributed by atoms with E-state index in [1.165, 1.54) is 14.2 Å². The van der Waals surface area contributed by atoms with Crippen LogP contribution in [0, 0.1) is 0 Å². The van der Waals surface area contributed by atoms with Crippen LogP contribution in [0.4, 0.5) is 0 Å². The Morgan fingerprint density at radius 3 is 2.08 bits per heavy atom. The smallest absolute Gasteiger partial charge is 0.202 e. The van der Waals surface area contributed by atoms with Gasteiger partial charge in [0.05, 0.1) is 35.0 Å². The zero-order valence-corrected chi connectivity index (χ0v) is 22.3. The largest absolute Gasteiger partial charge is 0.496 e. The van der Waals surface area contributed by atoms with Gasteiger partial charge in [0.25, 0.3) is 0 Å². The molecule has 0 aromatic heterocycles. The van der Waals surface area contributed by atoms with Crippen molar-refractivity contribution in [1.82, 2.24) is 0 Å². The van der Waals surface area contributed by atoms with Crippen LogP contribution < -0.4 is 33.2 Å². The zero-order valence-electron chi connectivity index (χ0n) is 22.3. The quantitative estimate of drug-likeness (QED) is 0.453. The number of aliphatic hydroxyl groups excluding tert-OH is 1. The van der Waals surface area contributed by atoms with Gasteiger partial charge in [-0.25, -0.2) is 0 Å². The molecule has 10 heteroatoms. The van der Waals surface area contributed by atoms with Gasteiger partial charge in [-0.15, -0.1) is 0 Å². The van der Waals surface area contributed by atoms with Crippen LogP contribution in [0.25, 0.3) is 0 Å². The predicted molar refractivity (Wildman–Crippen MR) is 139 cm³/mol. The molecule has 0 bridgehead atoms. The summed E-state index contributed by atoms with van der Waals surface area (Å²) in [6.45, 7) is 0.277. The number of hydrogen-bond acceptors (Lipinski definition) is 10. The lowest BCUT2D eigenvalue weighted by Crippen LogP contribution is -2.38. The summed E-state index contributed by atoms with van der Waals surface area (Å²) in [7, 11) is 7.67. The van der Waals surface area contributed by atoms with E-state index in [9.17, 15) is 9.90 Å². The molecule has 4 atom stereocenters. The van der Waals surface area contributed by atoms with Gasteiger partial charge in [-0.05, 0) is 29.8 Å². The van der Waals surface area contributed by atoms with Crippen LogP contribution in [0.1, 0.15) is 33.7 Å².